The first-order valence-electron chi connectivity index (χ1n) is 10.2. The van der Waals surface area contributed by atoms with E-state index in [2.05, 4.69) is 5.32 Å². The number of nitrogens with one attached hydrogen (secondary N) is 1. The predicted molar refractivity (Wildman–Crippen MR) is 119 cm³/mol. The van der Waals surface area contributed by atoms with E-state index in [0.29, 0.717) is 33.5 Å². The van der Waals surface area contributed by atoms with E-state index in [9.17, 15) is 14.4 Å². The molecule has 33 heavy (non-hydrogen) atoms. The highest BCUT2D eigenvalue weighted by Gasteiger charge is 2.14. The van der Waals surface area contributed by atoms with Crippen LogP contribution in [0.25, 0.3) is 21.9 Å². The average Bonchev–Trinajstić information content (AvgIpc) is 3.19. The number of esters is 1. The minimum atomic E-state index is -0.616. The van der Waals surface area contributed by atoms with Crippen molar-refractivity contribution >= 4 is 39.7 Å². The van der Waals surface area contributed by atoms with Gasteiger partial charge in [-0.2, -0.15) is 0 Å². The first kappa shape index (κ1) is 21.9. The van der Waals surface area contributed by atoms with Crippen LogP contribution in [0.2, 0.25) is 0 Å². The Bertz CT molecular complexity index is 1380. The Kier molecular flexibility index (Phi) is 6.30. The van der Waals surface area contributed by atoms with Crippen LogP contribution in [0.5, 0.6) is 5.75 Å². The molecule has 170 valence electrons. The number of carbonyl (C=O) groups is 2. The number of furan rings is 1. The van der Waals surface area contributed by atoms with Gasteiger partial charge in [0.15, 0.2) is 0 Å². The summed E-state index contributed by atoms with van der Waals surface area (Å²) in [7, 11) is 1.56. The number of hydrogen-bond donors (Lipinski definition) is 1. The molecule has 9 heteroatoms. The summed E-state index contributed by atoms with van der Waals surface area (Å²) in [5.74, 6) is 0.178. The van der Waals surface area contributed by atoms with E-state index < -0.39 is 17.7 Å². The van der Waals surface area contributed by atoms with Crippen molar-refractivity contribution in [2.24, 2.45) is 0 Å². The lowest BCUT2D eigenvalue weighted by Gasteiger charge is -2.09. The third-order valence-electron chi connectivity index (χ3n) is 4.94. The second-order valence-corrected chi connectivity index (χ2v) is 7.11. The molecule has 2 aromatic heterocycles. The van der Waals surface area contributed by atoms with E-state index in [-0.39, 0.29) is 25.2 Å². The molecule has 2 heterocycles. The smallest absolute Gasteiger partial charge is 0.411 e. The maximum atomic E-state index is 12.5. The first-order valence-corrected chi connectivity index (χ1v) is 10.2. The number of benzene rings is 2. The molecule has 0 aliphatic heterocycles. The maximum absolute atomic E-state index is 12.5. The molecule has 9 nitrogen and oxygen atoms in total. The van der Waals surface area contributed by atoms with Crippen molar-refractivity contribution in [1.29, 1.82) is 0 Å². The van der Waals surface area contributed by atoms with Crippen molar-refractivity contribution in [3.8, 4) is 5.75 Å². The fourth-order valence-electron chi connectivity index (χ4n) is 3.40. The molecule has 0 bridgehead atoms. The Morgan fingerprint density at radius 1 is 0.970 bits per heavy atom. The third kappa shape index (κ3) is 4.98. The summed E-state index contributed by atoms with van der Waals surface area (Å²) >= 11 is 0. The van der Waals surface area contributed by atoms with Crippen LogP contribution in [0.15, 0.2) is 62.4 Å². The molecular formula is C24H21NO8. The van der Waals surface area contributed by atoms with Crippen molar-refractivity contribution in [1.82, 2.24) is 0 Å². The predicted octanol–water partition coefficient (Wildman–Crippen LogP) is 4.40. The lowest BCUT2D eigenvalue weighted by Crippen LogP contribution is -2.13. The largest absolute Gasteiger partial charge is 0.497 e. The minimum Gasteiger partial charge on any atom is -0.497 e. The fourth-order valence-corrected chi connectivity index (χ4v) is 3.40. The zero-order valence-corrected chi connectivity index (χ0v) is 18.0. The highest BCUT2D eigenvalue weighted by atomic mass is 16.5. The van der Waals surface area contributed by atoms with Crippen LogP contribution in [0.3, 0.4) is 0 Å². The molecule has 4 rings (SSSR count). The fraction of sp³-hybridized carbons (Fsp3) is 0.208. The maximum Gasteiger partial charge on any atom is 0.411 e. The summed E-state index contributed by atoms with van der Waals surface area (Å²) in [5.41, 5.74) is 1.83. The minimum absolute atomic E-state index is 0.00626. The summed E-state index contributed by atoms with van der Waals surface area (Å²) < 4.78 is 26.2. The zero-order chi connectivity index (χ0) is 23.4. The van der Waals surface area contributed by atoms with Gasteiger partial charge >= 0.3 is 17.7 Å². The molecule has 0 aliphatic rings. The average molecular weight is 451 g/mol. The Labute approximate surface area is 187 Å². The van der Waals surface area contributed by atoms with Crippen LogP contribution in [0.1, 0.15) is 18.1 Å². The number of amides is 1. The Morgan fingerprint density at radius 2 is 1.76 bits per heavy atom. The molecule has 0 aliphatic carbocycles. The van der Waals surface area contributed by atoms with Crippen molar-refractivity contribution < 1.29 is 32.6 Å². The summed E-state index contributed by atoms with van der Waals surface area (Å²) in [6.45, 7) is 1.81. The molecule has 2 aromatic carbocycles. The molecule has 0 radical (unpaired) electrons. The first-order chi connectivity index (χ1) is 16.0. The lowest BCUT2D eigenvalue weighted by molar-refractivity contribution is -0.144. The van der Waals surface area contributed by atoms with Crippen molar-refractivity contribution in [2.75, 3.05) is 19.0 Å². The molecular weight excluding hydrogens is 430 g/mol. The van der Waals surface area contributed by atoms with E-state index in [1.807, 2.05) is 6.07 Å². The van der Waals surface area contributed by atoms with Gasteiger partial charge in [-0.3, -0.25) is 10.1 Å². The van der Waals surface area contributed by atoms with Crippen LogP contribution in [0.4, 0.5) is 10.5 Å². The summed E-state index contributed by atoms with van der Waals surface area (Å²) in [4.78, 5) is 36.1. The van der Waals surface area contributed by atoms with Gasteiger partial charge in [-0.05, 0) is 31.2 Å². The Hall–Kier alpha value is -4.27. The molecule has 1 N–H and O–H groups in total. The van der Waals surface area contributed by atoms with Gasteiger partial charge in [-0.15, -0.1) is 0 Å². The second kappa shape index (κ2) is 9.47. The van der Waals surface area contributed by atoms with E-state index in [1.165, 1.54) is 18.4 Å². The van der Waals surface area contributed by atoms with Gasteiger partial charge in [0.1, 0.15) is 23.5 Å². The van der Waals surface area contributed by atoms with Gasteiger partial charge in [0.25, 0.3) is 0 Å². The highest BCUT2D eigenvalue weighted by Crippen LogP contribution is 2.26. The van der Waals surface area contributed by atoms with Gasteiger partial charge in [-0.1, -0.05) is 0 Å². The summed E-state index contributed by atoms with van der Waals surface area (Å²) in [6, 6.07) is 11.4. The molecule has 4 aromatic rings. The van der Waals surface area contributed by atoms with E-state index in [0.717, 1.165) is 5.39 Å². The number of hydrogen-bond acceptors (Lipinski definition) is 8. The standard InChI is InChI=1S/C24H21NO8/c1-3-30-24(28)25-16-4-6-19-15(9-23(27)33-21(19)10-16)13-32-22(26)8-14-12-31-20-11-17(29-2)5-7-18(14)20/h4-7,9-12H,3,8,13H2,1-2H3,(H,25,28). The number of ether oxygens (including phenoxy) is 3. The van der Waals surface area contributed by atoms with Crippen LogP contribution in [0, 0.1) is 0 Å². The number of rotatable bonds is 7. The third-order valence-corrected chi connectivity index (χ3v) is 4.94. The molecule has 0 fully saturated rings. The van der Waals surface area contributed by atoms with E-state index in [1.54, 1.807) is 38.3 Å². The van der Waals surface area contributed by atoms with Crippen molar-refractivity contribution in [2.45, 2.75) is 20.0 Å². The quantitative estimate of drug-likeness (QED) is 0.325. The zero-order valence-electron chi connectivity index (χ0n) is 18.0. The Morgan fingerprint density at radius 3 is 2.55 bits per heavy atom. The summed E-state index contributed by atoms with van der Waals surface area (Å²) in [6.07, 6.45) is 0.900. The SMILES string of the molecule is CCOC(=O)Nc1ccc2c(COC(=O)Cc3coc4cc(OC)ccc34)cc(=O)oc2c1. The van der Waals surface area contributed by atoms with E-state index in [4.69, 9.17) is 23.0 Å². The van der Waals surface area contributed by atoms with Gasteiger partial charge in [-0.25, -0.2) is 9.59 Å². The topological polar surface area (TPSA) is 117 Å². The van der Waals surface area contributed by atoms with Crippen molar-refractivity contribution in [3.63, 3.8) is 0 Å². The summed E-state index contributed by atoms with van der Waals surface area (Å²) in [5, 5.41) is 3.92. The second-order valence-electron chi connectivity index (χ2n) is 7.11. The van der Waals surface area contributed by atoms with Crippen molar-refractivity contribution in [3.05, 3.63) is 70.3 Å². The monoisotopic (exact) mass is 451 g/mol. The normalized spacial score (nSPS) is 10.8. The van der Waals surface area contributed by atoms with Crippen LogP contribution in [-0.2, 0) is 27.3 Å². The molecule has 0 saturated heterocycles. The number of carbonyl (C=O) groups excluding carboxylic acids is 2. The number of anilines is 1. The van der Waals surface area contributed by atoms with Crippen LogP contribution < -0.4 is 15.7 Å². The molecule has 0 saturated carbocycles. The van der Waals surface area contributed by atoms with Gasteiger partial charge in [0.2, 0.25) is 0 Å². The molecule has 0 atom stereocenters. The van der Waals surface area contributed by atoms with Crippen LogP contribution in [-0.4, -0.2) is 25.8 Å². The van der Waals surface area contributed by atoms with Gasteiger partial charge < -0.3 is 23.0 Å². The van der Waals surface area contributed by atoms with Gasteiger partial charge in [0, 0.05) is 45.8 Å². The Balaban J connectivity index is 1.48. The van der Waals surface area contributed by atoms with E-state index >= 15 is 0 Å². The molecule has 0 unspecified atom stereocenters. The highest BCUT2D eigenvalue weighted by molar-refractivity contribution is 5.90. The van der Waals surface area contributed by atoms with Crippen LogP contribution >= 0.6 is 0 Å². The molecule has 1 amide bonds. The lowest BCUT2D eigenvalue weighted by atomic mass is 10.1. The molecule has 0 spiro atoms. The number of methoxy groups -OCH3 is 1. The number of fused-ring (bicyclic) bond motifs is 2. The van der Waals surface area contributed by atoms with Gasteiger partial charge in [0.05, 0.1) is 26.4 Å².